The predicted molar refractivity (Wildman–Crippen MR) is 227 cm³/mol. The number of aliphatic hydroxyl groups excluding tert-OH is 2. The Morgan fingerprint density at radius 1 is 0.887 bits per heavy atom. The molecule has 7 aliphatic rings. The van der Waals surface area contributed by atoms with Gasteiger partial charge >= 0.3 is 5.97 Å². The fraction of sp³-hybridized carbons (Fsp3) is 0.771. The van der Waals surface area contributed by atoms with Gasteiger partial charge < -0.3 is 62.7 Å². The molecule has 3 N–H and O–H groups in total. The predicted octanol–water partition coefficient (Wildman–Crippen LogP) is 5.52. The number of methoxy groups -OCH3 is 2. The number of aliphatic hydroxyl groups is 3. The minimum atomic E-state index is -1.83. The van der Waals surface area contributed by atoms with Gasteiger partial charge in [-0.25, -0.2) is 0 Å². The number of fused-ring (bicyclic) bond motifs is 2. The molecule has 19 atom stereocenters. The van der Waals surface area contributed by atoms with E-state index in [0.29, 0.717) is 49.7 Å². The van der Waals surface area contributed by atoms with Crippen molar-refractivity contribution in [2.75, 3.05) is 20.8 Å². The lowest BCUT2D eigenvalue weighted by atomic mass is 9.71. The van der Waals surface area contributed by atoms with Crippen molar-refractivity contribution in [2.45, 2.75) is 198 Å². The second-order valence-corrected chi connectivity index (χ2v) is 18.9. The summed E-state index contributed by atoms with van der Waals surface area (Å²) in [5.41, 5.74) is 1.31. The lowest BCUT2D eigenvalue weighted by molar-refractivity contribution is -0.318. The Bertz CT molecular complexity index is 1740. The summed E-state index contributed by atoms with van der Waals surface area (Å²) >= 11 is 0. The van der Waals surface area contributed by atoms with Crippen molar-refractivity contribution in [3.05, 3.63) is 58.7 Å². The first-order valence-electron chi connectivity index (χ1n) is 22.8. The third kappa shape index (κ3) is 9.64. The van der Waals surface area contributed by atoms with Gasteiger partial charge in [0.15, 0.2) is 18.4 Å². The molecule has 0 amide bonds. The average Bonchev–Trinajstić information content (AvgIpc) is 3.58. The lowest BCUT2D eigenvalue weighted by Gasteiger charge is -2.48. The molecule has 1 aliphatic carbocycles. The molecule has 14 heteroatoms. The van der Waals surface area contributed by atoms with Crippen LogP contribution < -0.4 is 0 Å². The van der Waals surface area contributed by atoms with Gasteiger partial charge in [0.1, 0.15) is 42.0 Å². The maximum atomic E-state index is 14.4. The Morgan fingerprint density at radius 3 is 2.32 bits per heavy atom. The Hall–Kier alpha value is -2.31. The number of carbonyl (C=O) groups excluding carboxylic acids is 1. The molecule has 0 saturated carbocycles. The minimum absolute atomic E-state index is 0.0344. The van der Waals surface area contributed by atoms with Crippen LogP contribution in [0.5, 0.6) is 0 Å². The Labute approximate surface area is 367 Å². The second-order valence-electron chi connectivity index (χ2n) is 18.9. The molecule has 348 valence electrons. The number of rotatable bonds is 8. The van der Waals surface area contributed by atoms with E-state index >= 15 is 0 Å². The summed E-state index contributed by atoms with van der Waals surface area (Å²) in [6.45, 7) is 16.0. The molecule has 0 aromatic heterocycles. The second kappa shape index (κ2) is 19.7. The zero-order chi connectivity index (χ0) is 44.7. The topological polar surface area (TPSA) is 170 Å². The highest BCUT2D eigenvalue weighted by Crippen LogP contribution is 2.47. The van der Waals surface area contributed by atoms with Crippen LogP contribution in [-0.2, 0) is 52.2 Å². The number of allylic oxidation sites excluding steroid dienone is 2. The summed E-state index contributed by atoms with van der Waals surface area (Å²) in [4.78, 5) is 14.4. The largest absolute Gasteiger partial charge is 0.462 e. The molecular formula is C48H72O14. The van der Waals surface area contributed by atoms with Crippen LogP contribution in [0.2, 0.25) is 0 Å². The molecule has 6 heterocycles. The van der Waals surface area contributed by atoms with Crippen LogP contribution in [0.3, 0.4) is 0 Å². The molecule has 1 spiro atoms. The fourth-order valence-corrected chi connectivity index (χ4v) is 10.6. The van der Waals surface area contributed by atoms with Crippen molar-refractivity contribution in [1.29, 1.82) is 0 Å². The molecule has 4 fully saturated rings. The summed E-state index contributed by atoms with van der Waals surface area (Å²) < 4.78 is 63.8. The lowest BCUT2D eigenvalue weighted by Crippen LogP contribution is -2.58. The normalized spacial score (nSPS) is 48.1. The number of ether oxygens (including phenoxy) is 10. The number of carbonyl (C=O) groups is 1. The molecule has 2 bridgehead atoms. The van der Waals surface area contributed by atoms with Gasteiger partial charge in [-0.1, -0.05) is 63.6 Å². The summed E-state index contributed by atoms with van der Waals surface area (Å²) in [7, 11) is 3.22. The summed E-state index contributed by atoms with van der Waals surface area (Å²) in [5, 5.41) is 34.2. The van der Waals surface area contributed by atoms with Crippen LogP contribution in [-0.4, -0.2) is 139 Å². The number of esters is 1. The summed E-state index contributed by atoms with van der Waals surface area (Å²) in [6.07, 6.45) is 7.21. The highest BCUT2D eigenvalue weighted by atomic mass is 16.7. The molecule has 4 saturated heterocycles. The number of hydrogen-bond donors (Lipinski definition) is 3. The Balaban J connectivity index is 1.18. The van der Waals surface area contributed by atoms with E-state index in [4.69, 9.17) is 47.4 Å². The van der Waals surface area contributed by atoms with Gasteiger partial charge in [0.05, 0.1) is 49.3 Å². The third-order valence-electron chi connectivity index (χ3n) is 14.5. The van der Waals surface area contributed by atoms with Crippen LogP contribution >= 0.6 is 0 Å². The molecule has 7 rings (SSSR count). The van der Waals surface area contributed by atoms with Gasteiger partial charge in [0.2, 0.25) is 0 Å². The van der Waals surface area contributed by atoms with E-state index in [1.54, 1.807) is 40.2 Å². The molecule has 0 radical (unpaired) electrons. The van der Waals surface area contributed by atoms with Crippen molar-refractivity contribution in [2.24, 2.45) is 17.8 Å². The van der Waals surface area contributed by atoms with Crippen LogP contribution in [0, 0.1) is 17.8 Å². The van der Waals surface area contributed by atoms with Gasteiger partial charge in [0, 0.05) is 52.2 Å². The molecular weight excluding hydrogens is 801 g/mol. The van der Waals surface area contributed by atoms with Crippen LogP contribution in [0.1, 0.15) is 100 Å². The van der Waals surface area contributed by atoms with Gasteiger partial charge in [0.25, 0.3) is 0 Å². The number of hydrogen-bond acceptors (Lipinski definition) is 14. The standard InChI is InChI=1S/C48H72O14/c1-11-25(2)43-28(5)17-18-47(62-43)23-34-20-33(61-47)16-15-27(4)42(26(3)13-12-14-32-24-55-45-40(49)29(6)19-35(46(51)58-34)48(32,45)52)59-39-22-37(54-10)44(31(8)57-39)60-38-21-36(53-9)41(50)30(7)56-38/h12-15,17,19,25-26,30-31,33-45,49-50,52H,11,16,18,20-24H2,1-10H3/b13-12+,27-15+,32-14+/t25-,26-,30-,31-,33+,34-,35-,36-,37-,38-,39-,40+,41-,42+,43+,44-,45+,47+,48+/m0/s1. The van der Waals surface area contributed by atoms with Crippen molar-refractivity contribution < 1.29 is 67.5 Å². The molecule has 14 nitrogen and oxygen atoms in total. The quantitative estimate of drug-likeness (QED) is 0.206. The van der Waals surface area contributed by atoms with Gasteiger partial charge in [-0.15, -0.1) is 0 Å². The summed E-state index contributed by atoms with van der Waals surface area (Å²) in [5.74, 6) is -2.63. The zero-order valence-electron chi connectivity index (χ0n) is 38.3. The smallest absolute Gasteiger partial charge is 0.316 e. The van der Waals surface area contributed by atoms with Gasteiger partial charge in [-0.3, -0.25) is 4.79 Å². The van der Waals surface area contributed by atoms with E-state index < -0.39 is 90.8 Å². The van der Waals surface area contributed by atoms with E-state index in [9.17, 15) is 20.1 Å². The highest BCUT2D eigenvalue weighted by Gasteiger charge is 2.60. The van der Waals surface area contributed by atoms with E-state index in [0.717, 1.165) is 17.6 Å². The van der Waals surface area contributed by atoms with Gasteiger partial charge in [-0.2, -0.15) is 0 Å². The van der Waals surface area contributed by atoms with Crippen molar-refractivity contribution in [1.82, 2.24) is 0 Å². The Morgan fingerprint density at radius 2 is 1.60 bits per heavy atom. The average molecular weight is 873 g/mol. The van der Waals surface area contributed by atoms with Crippen molar-refractivity contribution in [3.63, 3.8) is 0 Å². The fourth-order valence-electron chi connectivity index (χ4n) is 10.6. The van der Waals surface area contributed by atoms with Gasteiger partial charge in [-0.05, 0) is 69.2 Å². The third-order valence-corrected chi connectivity index (χ3v) is 14.5. The van der Waals surface area contributed by atoms with Crippen molar-refractivity contribution in [3.8, 4) is 0 Å². The van der Waals surface area contributed by atoms with E-state index in [1.807, 2.05) is 26.0 Å². The maximum Gasteiger partial charge on any atom is 0.316 e. The van der Waals surface area contributed by atoms with E-state index in [-0.39, 0.29) is 36.8 Å². The van der Waals surface area contributed by atoms with E-state index in [2.05, 4.69) is 39.8 Å². The molecule has 0 unspecified atom stereocenters. The van der Waals surface area contributed by atoms with Crippen LogP contribution in [0.25, 0.3) is 0 Å². The molecule has 6 aliphatic heterocycles. The first kappa shape index (κ1) is 47.6. The van der Waals surface area contributed by atoms with Crippen LogP contribution in [0.15, 0.2) is 58.7 Å². The molecule has 0 aromatic carbocycles. The van der Waals surface area contributed by atoms with Crippen molar-refractivity contribution >= 4 is 5.97 Å². The molecule has 62 heavy (non-hydrogen) atoms. The Kier molecular flexibility index (Phi) is 15.1. The monoisotopic (exact) mass is 872 g/mol. The minimum Gasteiger partial charge on any atom is -0.462 e. The zero-order valence-corrected chi connectivity index (χ0v) is 38.3. The maximum absolute atomic E-state index is 14.4. The summed E-state index contributed by atoms with van der Waals surface area (Å²) in [6, 6.07) is 0. The SMILES string of the molecule is CC[C@H](C)[C@H]1O[C@]2(CC=C1C)C[C@@H]1C[C@@H](C/C=C(\C)[C@H](O[C@H]3C[C@H](OC)[C@@H](O[C@H]4C[C@H](OC)[C@@H](O)[C@H](C)O4)[C@H](C)O3)[C@@H](C)/C=C/C=C3\CO[C@@H]4[C@H](O)C(C)=C[C@@H](C(=O)O1)[C@]34O)O2. The highest BCUT2D eigenvalue weighted by molar-refractivity contribution is 5.78. The first-order chi connectivity index (χ1) is 29.5. The molecule has 0 aromatic rings. The van der Waals surface area contributed by atoms with E-state index in [1.165, 1.54) is 0 Å². The first-order valence-corrected chi connectivity index (χ1v) is 22.8. The van der Waals surface area contributed by atoms with Crippen LogP contribution in [0.4, 0.5) is 0 Å².